The summed E-state index contributed by atoms with van der Waals surface area (Å²) in [6.45, 7) is 3.34. The minimum Gasteiger partial charge on any atom is -0.314 e. The van der Waals surface area contributed by atoms with Crippen molar-refractivity contribution in [1.29, 1.82) is 0 Å². The normalized spacial score (nSPS) is 24.6. The fraction of sp³-hybridized carbons (Fsp3) is 0.625. The van der Waals surface area contributed by atoms with Gasteiger partial charge in [0.25, 0.3) is 0 Å². The van der Waals surface area contributed by atoms with E-state index in [1.807, 2.05) is 0 Å². The van der Waals surface area contributed by atoms with Gasteiger partial charge in [-0.05, 0) is 48.8 Å². The van der Waals surface area contributed by atoms with E-state index in [0.29, 0.717) is 0 Å². The third-order valence-electron chi connectivity index (χ3n) is 4.42. The van der Waals surface area contributed by atoms with Crippen LogP contribution in [0.4, 0.5) is 0 Å². The summed E-state index contributed by atoms with van der Waals surface area (Å²) >= 11 is 0. The predicted molar refractivity (Wildman–Crippen MR) is 72.3 cm³/mol. The maximum Gasteiger partial charge on any atom is 0.0138 e. The molecule has 3 rings (SSSR count). The van der Waals surface area contributed by atoms with E-state index in [1.165, 1.54) is 32.1 Å². The van der Waals surface area contributed by atoms with Gasteiger partial charge in [-0.3, -0.25) is 0 Å². The summed E-state index contributed by atoms with van der Waals surface area (Å²) in [6, 6.07) is 9.78. The van der Waals surface area contributed by atoms with Gasteiger partial charge in [-0.15, -0.1) is 0 Å². The van der Waals surface area contributed by atoms with Gasteiger partial charge in [-0.2, -0.15) is 0 Å². The second kappa shape index (κ2) is 4.81. The summed E-state index contributed by atoms with van der Waals surface area (Å²) < 4.78 is 0. The van der Waals surface area contributed by atoms with Crippen LogP contribution in [0, 0.1) is 5.92 Å². The van der Waals surface area contributed by atoms with Crippen molar-refractivity contribution >= 4 is 0 Å². The average Bonchev–Trinajstić information content (AvgIpc) is 3.07. The molecule has 2 aliphatic carbocycles. The van der Waals surface area contributed by atoms with Crippen LogP contribution in [0.15, 0.2) is 24.3 Å². The number of benzene rings is 1. The van der Waals surface area contributed by atoms with Crippen LogP contribution in [-0.2, 0) is 6.42 Å². The predicted octanol–water partition coefficient (Wildman–Crippen LogP) is 3.49. The summed E-state index contributed by atoms with van der Waals surface area (Å²) in [5.41, 5.74) is 3.22. The first-order valence-electron chi connectivity index (χ1n) is 7.19. The van der Waals surface area contributed by atoms with Crippen molar-refractivity contribution in [2.45, 2.75) is 51.0 Å². The molecule has 92 valence electrons. The van der Waals surface area contributed by atoms with Gasteiger partial charge in [0.15, 0.2) is 0 Å². The number of nitrogens with one attached hydrogen (secondary N) is 1. The van der Waals surface area contributed by atoms with Crippen molar-refractivity contribution in [3.8, 4) is 0 Å². The second-order valence-electron chi connectivity index (χ2n) is 5.69. The molecule has 0 spiro atoms. The topological polar surface area (TPSA) is 12.0 Å². The highest BCUT2D eigenvalue weighted by molar-refractivity contribution is 5.36. The van der Waals surface area contributed by atoms with Crippen LogP contribution in [0.3, 0.4) is 0 Å². The third kappa shape index (κ3) is 2.40. The lowest BCUT2D eigenvalue weighted by Crippen LogP contribution is -2.34. The molecule has 2 atom stereocenters. The molecular formula is C16H23N. The quantitative estimate of drug-likeness (QED) is 0.815. The van der Waals surface area contributed by atoms with Crippen LogP contribution in [0.2, 0.25) is 0 Å². The van der Waals surface area contributed by atoms with E-state index in [9.17, 15) is 0 Å². The van der Waals surface area contributed by atoms with Crippen LogP contribution >= 0.6 is 0 Å². The molecule has 1 aromatic carbocycles. The van der Waals surface area contributed by atoms with E-state index in [4.69, 9.17) is 0 Å². The molecule has 0 aromatic heterocycles. The third-order valence-corrected chi connectivity index (χ3v) is 4.42. The molecule has 1 N–H and O–H groups in total. The van der Waals surface area contributed by atoms with E-state index in [0.717, 1.165) is 24.4 Å². The maximum atomic E-state index is 3.74. The Morgan fingerprint density at radius 2 is 2.06 bits per heavy atom. The van der Waals surface area contributed by atoms with Gasteiger partial charge < -0.3 is 5.32 Å². The molecule has 1 heteroatoms. The number of rotatable bonds is 5. The Balaban J connectivity index is 1.77. The summed E-state index contributed by atoms with van der Waals surface area (Å²) in [5, 5.41) is 3.74. The number of likely N-dealkylation sites (N-methyl/N-ethyl adjacent to an activating group) is 1. The molecule has 0 heterocycles. The number of aryl methyl sites for hydroxylation is 1. The minimum absolute atomic E-state index is 0.719. The fourth-order valence-electron chi connectivity index (χ4n) is 3.37. The second-order valence-corrected chi connectivity index (χ2v) is 5.69. The Hall–Kier alpha value is -0.820. The summed E-state index contributed by atoms with van der Waals surface area (Å²) in [7, 11) is 0. The van der Waals surface area contributed by atoms with E-state index in [2.05, 4.69) is 36.5 Å². The summed E-state index contributed by atoms with van der Waals surface area (Å²) in [5.74, 6) is 1.79. The van der Waals surface area contributed by atoms with Gasteiger partial charge in [0.1, 0.15) is 0 Å². The minimum atomic E-state index is 0.719. The summed E-state index contributed by atoms with van der Waals surface area (Å²) in [4.78, 5) is 0. The standard InChI is InChI=1S/C16H23N/c1-2-17-16(11-12-7-8-12)15-10-9-13-5-3-4-6-14(13)15/h3-6,12,15-17H,2,7-11H2,1H3. The molecule has 0 bridgehead atoms. The highest BCUT2D eigenvalue weighted by Crippen LogP contribution is 2.41. The van der Waals surface area contributed by atoms with Crippen LogP contribution in [-0.4, -0.2) is 12.6 Å². The summed E-state index contributed by atoms with van der Waals surface area (Å²) in [6.07, 6.45) is 6.97. The van der Waals surface area contributed by atoms with Gasteiger partial charge in [0.05, 0.1) is 0 Å². The molecule has 2 unspecified atom stereocenters. The molecule has 1 saturated carbocycles. The van der Waals surface area contributed by atoms with Gasteiger partial charge in [-0.1, -0.05) is 44.0 Å². The molecule has 0 aliphatic heterocycles. The van der Waals surface area contributed by atoms with E-state index >= 15 is 0 Å². The average molecular weight is 229 g/mol. The zero-order valence-corrected chi connectivity index (χ0v) is 10.8. The van der Waals surface area contributed by atoms with Gasteiger partial charge >= 0.3 is 0 Å². The van der Waals surface area contributed by atoms with Crippen LogP contribution in [0.25, 0.3) is 0 Å². The number of fused-ring (bicyclic) bond motifs is 1. The molecule has 0 saturated heterocycles. The SMILES string of the molecule is CCNC(CC1CC1)C1CCc2ccccc21. The van der Waals surface area contributed by atoms with Crippen LogP contribution in [0.5, 0.6) is 0 Å². The lowest BCUT2D eigenvalue weighted by atomic mass is 9.89. The highest BCUT2D eigenvalue weighted by Gasteiger charge is 2.33. The Kier molecular flexibility index (Phi) is 3.19. The molecule has 17 heavy (non-hydrogen) atoms. The van der Waals surface area contributed by atoms with Crippen molar-refractivity contribution in [3.63, 3.8) is 0 Å². The Morgan fingerprint density at radius 3 is 2.82 bits per heavy atom. The Labute approximate surface area is 105 Å². The monoisotopic (exact) mass is 229 g/mol. The highest BCUT2D eigenvalue weighted by atomic mass is 14.9. The number of hydrogen-bond donors (Lipinski definition) is 1. The van der Waals surface area contributed by atoms with Crippen LogP contribution in [0.1, 0.15) is 49.7 Å². The first-order chi connectivity index (χ1) is 8.38. The van der Waals surface area contributed by atoms with Crippen molar-refractivity contribution in [2.75, 3.05) is 6.54 Å². The number of hydrogen-bond acceptors (Lipinski definition) is 1. The first kappa shape index (κ1) is 11.3. The molecular weight excluding hydrogens is 206 g/mol. The van der Waals surface area contributed by atoms with Crippen molar-refractivity contribution in [2.24, 2.45) is 5.92 Å². The zero-order valence-electron chi connectivity index (χ0n) is 10.8. The van der Waals surface area contributed by atoms with Gasteiger partial charge in [0, 0.05) is 6.04 Å². The molecule has 1 aromatic rings. The largest absolute Gasteiger partial charge is 0.314 e. The molecule has 0 amide bonds. The molecule has 2 aliphatic rings. The van der Waals surface area contributed by atoms with Crippen LogP contribution < -0.4 is 5.32 Å². The Morgan fingerprint density at radius 1 is 1.24 bits per heavy atom. The van der Waals surface area contributed by atoms with Crippen molar-refractivity contribution < 1.29 is 0 Å². The van der Waals surface area contributed by atoms with Gasteiger partial charge in [-0.25, -0.2) is 0 Å². The lowest BCUT2D eigenvalue weighted by molar-refractivity contribution is 0.396. The van der Waals surface area contributed by atoms with E-state index in [1.54, 1.807) is 11.1 Å². The molecule has 0 radical (unpaired) electrons. The lowest BCUT2D eigenvalue weighted by Gasteiger charge is -2.25. The Bertz CT molecular complexity index is 381. The zero-order chi connectivity index (χ0) is 11.7. The van der Waals surface area contributed by atoms with Gasteiger partial charge in [0.2, 0.25) is 0 Å². The van der Waals surface area contributed by atoms with Crippen molar-refractivity contribution in [1.82, 2.24) is 5.32 Å². The van der Waals surface area contributed by atoms with E-state index in [-0.39, 0.29) is 0 Å². The smallest absolute Gasteiger partial charge is 0.0138 e. The maximum absolute atomic E-state index is 3.74. The van der Waals surface area contributed by atoms with E-state index < -0.39 is 0 Å². The first-order valence-corrected chi connectivity index (χ1v) is 7.19. The van der Waals surface area contributed by atoms with Crippen molar-refractivity contribution in [3.05, 3.63) is 35.4 Å². The molecule has 1 nitrogen and oxygen atoms in total. The molecule has 1 fully saturated rings. The fourth-order valence-corrected chi connectivity index (χ4v) is 3.37.